The molecule has 2 N–H and O–H groups in total. The van der Waals surface area contributed by atoms with Crippen molar-refractivity contribution in [3.05, 3.63) is 33.7 Å². The number of aromatic amines is 1. The van der Waals surface area contributed by atoms with Gasteiger partial charge in [-0.25, -0.2) is 0 Å². The molecule has 1 rings (SSSR count). The predicted octanol–water partition coefficient (Wildman–Crippen LogP) is 1.08. The minimum absolute atomic E-state index is 0.115. The standard InChI is InChI=1S/C10H12FNO3/c1-6(10(14)15)9-7(4-5-11)2-3-8(13)12-9/h2-3,6H,4-5H2,1H3,(H,12,13)(H,14,15). The topological polar surface area (TPSA) is 70.2 Å². The van der Waals surface area contributed by atoms with Crippen LogP contribution in [0.3, 0.4) is 0 Å². The fourth-order valence-corrected chi connectivity index (χ4v) is 1.35. The van der Waals surface area contributed by atoms with Gasteiger partial charge in [0.05, 0.1) is 12.6 Å². The van der Waals surface area contributed by atoms with Crippen LogP contribution in [0.15, 0.2) is 16.9 Å². The number of halogens is 1. The summed E-state index contributed by atoms with van der Waals surface area (Å²) in [5.41, 5.74) is 0.445. The van der Waals surface area contributed by atoms with Crippen molar-refractivity contribution in [3.8, 4) is 0 Å². The lowest BCUT2D eigenvalue weighted by Gasteiger charge is -2.11. The van der Waals surface area contributed by atoms with Gasteiger partial charge in [0.25, 0.3) is 0 Å². The van der Waals surface area contributed by atoms with Crippen molar-refractivity contribution >= 4 is 5.97 Å². The van der Waals surface area contributed by atoms with E-state index in [1.807, 2.05) is 0 Å². The first-order chi connectivity index (χ1) is 7.06. The molecule has 0 aromatic carbocycles. The number of aromatic nitrogens is 1. The molecule has 0 saturated heterocycles. The first-order valence-corrected chi connectivity index (χ1v) is 4.57. The lowest BCUT2D eigenvalue weighted by molar-refractivity contribution is -0.138. The van der Waals surface area contributed by atoms with Gasteiger partial charge in [0, 0.05) is 18.2 Å². The highest BCUT2D eigenvalue weighted by molar-refractivity contribution is 5.75. The third-order valence-electron chi connectivity index (χ3n) is 2.21. The van der Waals surface area contributed by atoms with E-state index in [-0.39, 0.29) is 17.7 Å². The molecule has 0 spiro atoms. The van der Waals surface area contributed by atoms with Crippen LogP contribution >= 0.6 is 0 Å². The lowest BCUT2D eigenvalue weighted by Crippen LogP contribution is -2.17. The largest absolute Gasteiger partial charge is 0.481 e. The normalized spacial score (nSPS) is 12.4. The molecule has 82 valence electrons. The summed E-state index contributed by atoms with van der Waals surface area (Å²) in [7, 11) is 0. The Balaban J connectivity index is 3.17. The number of carboxylic acids is 1. The molecular formula is C10H12FNO3. The summed E-state index contributed by atoms with van der Waals surface area (Å²) in [5, 5.41) is 8.80. The van der Waals surface area contributed by atoms with Crippen LogP contribution in [-0.2, 0) is 11.2 Å². The van der Waals surface area contributed by atoms with Crippen molar-refractivity contribution in [1.29, 1.82) is 0 Å². The molecule has 0 saturated carbocycles. The minimum Gasteiger partial charge on any atom is -0.481 e. The van der Waals surface area contributed by atoms with E-state index in [4.69, 9.17) is 5.11 Å². The number of pyridine rings is 1. The van der Waals surface area contributed by atoms with Crippen LogP contribution in [0.4, 0.5) is 4.39 Å². The van der Waals surface area contributed by atoms with E-state index in [0.29, 0.717) is 5.56 Å². The summed E-state index contributed by atoms with van der Waals surface area (Å²) in [6, 6.07) is 2.73. The van der Waals surface area contributed by atoms with Gasteiger partial charge in [-0.3, -0.25) is 14.0 Å². The van der Waals surface area contributed by atoms with Gasteiger partial charge in [-0.05, 0) is 12.5 Å². The number of nitrogens with one attached hydrogen (secondary N) is 1. The van der Waals surface area contributed by atoms with Gasteiger partial charge in [0.15, 0.2) is 0 Å². The van der Waals surface area contributed by atoms with Gasteiger partial charge in [-0.1, -0.05) is 6.07 Å². The second kappa shape index (κ2) is 4.72. The van der Waals surface area contributed by atoms with E-state index in [0.717, 1.165) is 0 Å². The quantitative estimate of drug-likeness (QED) is 0.786. The van der Waals surface area contributed by atoms with Crippen LogP contribution in [0.2, 0.25) is 0 Å². The molecule has 1 heterocycles. The summed E-state index contributed by atoms with van der Waals surface area (Å²) in [4.78, 5) is 24.2. The molecule has 1 unspecified atom stereocenters. The maximum Gasteiger partial charge on any atom is 0.312 e. The van der Waals surface area contributed by atoms with E-state index in [1.165, 1.54) is 19.1 Å². The maximum absolute atomic E-state index is 12.2. The Morgan fingerprint density at radius 3 is 2.80 bits per heavy atom. The lowest BCUT2D eigenvalue weighted by atomic mass is 10.0. The summed E-state index contributed by atoms with van der Waals surface area (Å²) in [5.74, 6) is -1.88. The van der Waals surface area contributed by atoms with E-state index in [1.54, 1.807) is 0 Å². The average Bonchev–Trinajstić information content (AvgIpc) is 2.20. The van der Waals surface area contributed by atoms with Gasteiger partial charge >= 0.3 is 5.97 Å². The predicted molar refractivity (Wildman–Crippen MR) is 52.8 cm³/mol. The number of aliphatic carboxylic acids is 1. The highest BCUT2D eigenvalue weighted by Crippen LogP contribution is 2.16. The van der Waals surface area contributed by atoms with Crippen molar-refractivity contribution < 1.29 is 14.3 Å². The molecule has 0 amide bonds. The Labute approximate surface area is 85.8 Å². The Kier molecular flexibility index (Phi) is 3.60. The van der Waals surface area contributed by atoms with Gasteiger partial charge < -0.3 is 10.1 Å². The molecule has 0 fully saturated rings. The monoisotopic (exact) mass is 213 g/mol. The van der Waals surface area contributed by atoms with Crippen LogP contribution in [-0.4, -0.2) is 22.7 Å². The van der Waals surface area contributed by atoms with Crippen molar-refractivity contribution in [2.45, 2.75) is 19.3 Å². The smallest absolute Gasteiger partial charge is 0.312 e. The molecule has 0 bridgehead atoms. The minimum atomic E-state index is -1.04. The molecule has 15 heavy (non-hydrogen) atoms. The highest BCUT2D eigenvalue weighted by atomic mass is 19.1. The van der Waals surface area contributed by atoms with E-state index in [9.17, 15) is 14.0 Å². The van der Waals surface area contributed by atoms with Crippen LogP contribution < -0.4 is 5.56 Å². The van der Waals surface area contributed by atoms with Gasteiger partial charge in [0.2, 0.25) is 5.56 Å². The number of rotatable bonds is 4. The zero-order chi connectivity index (χ0) is 11.4. The summed E-state index contributed by atoms with van der Waals surface area (Å²) < 4.78 is 12.2. The van der Waals surface area contributed by atoms with Crippen LogP contribution in [0.25, 0.3) is 0 Å². The maximum atomic E-state index is 12.2. The summed E-state index contributed by atoms with van der Waals surface area (Å²) in [6.45, 7) is 0.876. The Morgan fingerprint density at radius 2 is 2.27 bits per heavy atom. The van der Waals surface area contributed by atoms with Crippen LogP contribution in [0, 0.1) is 0 Å². The average molecular weight is 213 g/mol. The molecule has 4 nitrogen and oxygen atoms in total. The fraction of sp³-hybridized carbons (Fsp3) is 0.400. The molecule has 0 aliphatic carbocycles. The molecule has 0 aliphatic rings. The SMILES string of the molecule is CC(C(=O)O)c1[nH]c(=O)ccc1CCF. The van der Waals surface area contributed by atoms with Crippen molar-refractivity contribution in [2.75, 3.05) is 6.67 Å². The van der Waals surface area contributed by atoms with E-state index < -0.39 is 18.6 Å². The third kappa shape index (κ3) is 2.65. The zero-order valence-electron chi connectivity index (χ0n) is 8.29. The Bertz CT molecular complexity index is 413. The van der Waals surface area contributed by atoms with Gasteiger partial charge in [-0.15, -0.1) is 0 Å². The second-order valence-corrected chi connectivity index (χ2v) is 3.26. The molecule has 1 aromatic heterocycles. The fourth-order valence-electron chi connectivity index (χ4n) is 1.35. The number of carbonyl (C=O) groups is 1. The number of carboxylic acid groups (broad SMARTS) is 1. The van der Waals surface area contributed by atoms with E-state index in [2.05, 4.69) is 4.98 Å². The van der Waals surface area contributed by atoms with Crippen molar-refractivity contribution in [1.82, 2.24) is 4.98 Å². The summed E-state index contributed by atoms with van der Waals surface area (Å²) >= 11 is 0. The van der Waals surface area contributed by atoms with Crippen LogP contribution in [0.1, 0.15) is 24.1 Å². The number of hydrogen-bond donors (Lipinski definition) is 2. The zero-order valence-corrected chi connectivity index (χ0v) is 8.29. The number of hydrogen-bond acceptors (Lipinski definition) is 2. The molecule has 5 heteroatoms. The molecule has 1 atom stereocenters. The second-order valence-electron chi connectivity index (χ2n) is 3.26. The number of H-pyrrole nitrogens is 1. The first kappa shape index (κ1) is 11.4. The van der Waals surface area contributed by atoms with Gasteiger partial charge in [-0.2, -0.15) is 0 Å². The Hall–Kier alpha value is -1.65. The van der Waals surface area contributed by atoms with Crippen LogP contribution in [0.5, 0.6) is 0 Å². The van der Waals surface area contributed by atoms with Crippen molar-refractivity contribution in [2.24, 2.45) is 0 Å². The Morgan fingerprint density at radius 1 is 1.60 bits per heavy atom. The molecule has 0 radical (unpaired) electrons. The third-order valence-corrected chi connectivity index (χ3v) is 2.21. The van der Waals surface area contributed by atoms with E-state index >= 15 is 0 Å². The number of aryl methyl sites for hydroxylation is 1. The number of alkyl halides is 1. The van der Waals surface area contributed by atoms with Gasteiger partial charge in [0.1, 0.15) is 0 Å². The van der Waals surface area contributed by atoms with Crippen molar-refractivity contribution in [3.63, 3.8) is 0 Å². The molecule has 0 aliphatic heterocycles. The molecular weight excluding hydrogens is 201 g/mol. The first-order valence-electron chi connectivity index (χ1n) is 4.57. The highest BCUT2D eigenvalue weighted by Gasteiger charge is 2.18. The molecule has 1 aromatic rings. The summed E-state index contributed by atoms with van der Waals surface area (Å²) in [6.07, 6.45) is 0.115.